The third-order valence-electron chi connectivity index (χ3n) is 2.96. The van der Waals surface area contributed by atoms with Crippen molar-refractivity contribution in [1.29, 1.82) is 0 Å². The first kappa shape index (κ1) is 13.2. The molecule has 1 aromatic heterocycles. The number of carbonyl (C=O) groups is 1. The molecule has 2 rings (SSSR count). The van der Waals surface area contributed by atoms with E-state index in [0.717, 1.165) is 16.8 Å². The van der Waals surface area contributed by atoms with Gasteiger partial charge in [-0.2, -0.15) is 0 Å². The Balaban J connectivity index is 2.25. The first-order chi connectivity index (χ1) is 9.11. The number of para-hydroxylation sites is 1. The van der Waals surface area contributed by atoms with Crippen molar-refractivity contribution in [2.75, 3.05) is 5.32 Å². The Labute approximate surface area is 112 Å². The molecular formula is C15H16N2O2. The van der Waals surface area contributed by atoms with Crippen LogP contribution in [0.15, 0.2) is 36.5 Å². The molecule has 0 aliphatic rings. The summed E-state index contributed by atoms with van der Waals surface area (Å²) >= 11 is 0. The second-order valence-electron chi connectivity index (χ2n) is 4.41. The van der Waals surface area contributed by atoms with Crippen molar-refractivity contribution < 1.29 is 9.90 Å². The highest BCUT2D eigenvalue weighted by Gasteiger charge is 2.10. The molecule has 1 amide bonds. The molecular weight excluding hydrogens is 240 g/mol. The minimum Gasteiger partial charge on any atom is -0.390 e. The first-order valence-electron chi connectivity index (χ1n) is 6.05. The number of aliphatic hydroxyl groups is 1. The van der Waals surface area contributed by atoms with Gasteiger partial charge in [0.05, 0.1) is 12.3 Å². The van der Waals surface area contributed by atoms with Gasteiger partial charge in [-0.1, -0.05) is 18.2 Å². The molecule has 0 aliphatic carbocycles. The third kappa shape index (κ3) is 2.98. The molecule has 19 heavy (non-hydrogen) atoms. The Morgan fingerprint density at radius 3 is 2.58 bits per heavy atom. The van der Waals surface area contributed by atoms with E-state index in [1.807, 2.05) is 32.0 Å². The minimum absolute atomic E-state index is 0.176. The number of benzene rings is 1. The summed E-state index contributed by atoms with van der Waals surface area (Å²) < 4.78 is 0. The fourth-order valence-corrected chi connectivity index (χ4v) is 1.90. The van der Waals surface area contributed by atoms with E-state index in [9.17, 15) is 4.79 Å². The SMILES string of the molecule is Cc1cccc(C)c1NC(=O)c1ccnc(CO)c1. The molecule has 98 valence electrons. The lowest BCUT2D eigenvalue weighted by Gasteiger charge is -2.11. The fraction of sp³-hybridized carbons (Fsp3) is 0.200. The van der Waals surface area contributed by atoms with Crippen LogP contribution in [0.1, 0.15) is 27.2 Å². The average Bonchev–Trinajstić information content (AvgIpc) is 2.43. The molecule has 1 heterocycles. The highest BCUT2D eigenvalue weighted by molar-refractivity contribution is 6.05. The van der Waals surface area contributed by atoms with Crippen LogP contribution in [0.5, 0.6) is 0 Å². The number of carbonyl (C=O) groups excluding carboxylic acids is 1. The van der Waals surface area contributed by atoms with Crippen LogP contribution in [-0.4, -0.2) is 16.0 Å². The van der Waals surface area contributed by atoms with Crippen LogP contribution < -0.4 is 5.32 Å². The van der Waals surface area contributed by atoms with Crippen molar-refractivity contribution >= 4 is 11.6 Å². The number of aromatic nitrogens is 1. The number of nitrogens with one attached hydrogen (secondary N) is 1. The zero-order valence-corrected chi connectivity index (χ0v) is 11.0. The number of aryl methyl sites for hydroxylation is 2. The van der Waals surface area contributed by atoms with E-state index in [-0.39, 0.29) is 12.5 Å². The Kier molecular flexibility index (Phi) is 3.92. The maximum atomic E-state index is 12.2. The van der Waals surface area contributed by atoms with E-state index in [1.165, 1.54) is 6.20 Å². The monoisotopic (exact) mass is 256 g/mol. The summed E-state index contributed by atoms with van der Waals surface area (Å²) in [5, 5.41) is 11.9. The molecule has 0 saturated heterocycles. The van der Waals surface area contributed by atoms with Gasteiger partial charge in [0.15, 0.2) is 0 Å². The van der Waals surface area contributed by atoms with Gasteiger partial charge >= 0.3 is 0 Å². The zero-order chi connectivity index (χ0) is 13.8. The number of aliphatic hydroxyl groups excluding tert-OH is 1. The van der Waals surface area contributed by atoms with E-state index >= 15 is 0 Å². The molecule has 0 radical (unpaired) electrons. The number of hydrogen-bond donors (Lipinski definition) is 2. The van der Waals surface area contributed by atoms with Gasteiger partial charge < -0.3 is 10.4 Å². The summed E-state index contributed by atoms with van der Waals surface area (Å²) in [4.78, 5) is 16.1. The summed E-state index contributed by atoms with van der Waals surface area (Å²) in [6.45, 7) is 3.73. The maximum absolute atomic E-state index is 12.2. The van der Waals surface area contributed by atoms with Crippen LogP contribution >= 0.6 is 0 Å². The highest BCUT2D eigenvalue weighted by atomic mass is 16.3. The first-order valence-corrected chi connectivity index (χ1v) is 6.05. The van der Waals surface area contributed by atoms with Crippen molar-refractivity contribution in [2.45, 2.75) is 20.5 Å². The van der Waals surface area contributed by atoms with Crippen molar-refractivity contribution in [2.24, 2.45) is 0 Å². The lowest BCUT2D eigenvalue weighted by atomic mass is 10.1. The molecule has 0 spiro atoms. The van der Waals surface area contributed by atoms with E-state index in [1.54, 1.807) is 12.1 Å². The van der Waals surface area contributed by atoms with Crippen LogP contribution in [-0.2, 0) is 6.61 Å². The molecule has 4 nitrogen and oxygen atoms in total. The van der Waals surface area contributed by atoms with Gasteiger partial charge in [0.2, 0.25) is 0 Å². The van der Waals surface area contributed by atoms with Crippen LogP contribution in [0.3, 0.4) is 0 Å². The van der Waals surface area contributed by atoms with Crippen molar-refractivity contribution in [3.63, 3.8) is 0 Å². The molecule has 2 N–H and O–H groups in total. The summed E-state index contributed by atoms with van der Waals surface area (Å²) in [6, 6.07) is 9.07. The Morgan fingerprint density at radius 1 is 1.26 bits per heavy atom. The van der Waals surface area contributed by atoms with Crippen LogP contribution in [0, 0.1) is 13.8 Å². The number of pyridine rings is 1. The standard InChI is InChI=1S/C15H16N2O2/c1-10-4-3-5-11(2)14(10)17-15(19)12-6-7-16-13(8-12)9-18/h3-8,18H,9H2,1-2H3,(H,17,19). The van der Waals surface area contributed by atoms with E-state index < -0.39 is 0 Å². The number of anilines is 1. The van der Waals surface area contributed by atoms with E-state index in [2.05, 4.69) is 10.3 Å². The summed E-state index contributed by atoms with van der Waals surface area (Å²) in [5.41, 5.74) is 3.83. The number of amides is 1. The van der Waals surface area contributed by atoms with Crippen LogP contribution in [0.2, 0.25) is 0 Å². The van der Waals surface area contributed by atoms with E-state index in [4.69, 9.17) is 5.11 Å². The quantitative estimate of drug-likeness (QED) is 0.886. The smallest absolute Gasteiger partial charge is 0.255 e. The predicted molar refractivity (Wildman–Crippen MR) is 74.0 cm³/mol. The Bertz CT molecular complexity index is 589. The van der Waals surface area contributed by atoms with Gasteiger partial charge in [0, 0.05) is 17.4 Å². The normalized spacial score (nSPS) is 10.3. The minimum atomic E-state index is -0.200. The summed E-state index contributed by atoms with van der Waals surface area (Å²) in [7, 11) is 0. The van der Waals surface area contributed by atoms with Gasteiger partial charge in [0.25, 0.3) is 5.91 Å². The van der Waals surface area contributed by atoms with Gasteiger partial charge in [-0.15, -0.1) is 0 Å². The molecule has 0 fully saturated rings. The highest BCUT2D eigenvalue weighted by Crippen LogP contribution is 2.20. The van der Waals surface area contributed by atoms with Crippen LogP contribution in [0.4, 0.5) is 5.69 Å². The maximum Gasteiger partial charge on any atom is 0.255 e. The topological polar surface area (TPSA) is 62.2 Å². The number of rotatable bonds is 3. The molecule has 2 aromatic rings. The van der Waals surface area contributed by atoms with Crippen molar-refractivity contribution in [3.05, 3.63) is 58.9 Å². The lowest BCUT2D eigenvalue weighted by molar-refractivity contribution is 0.102. The predicted octanol–water partition coefficient (Wildman–Crippen LogP) is 2.44. The van der Waals surface area contributed by atoms with Gasteiger partial charge in [-0.05, 0) is 37.1 Å². The summed E-state index contributed by atoms with van der Waals surface area (Å²) in [5.74, 6) is -0.200. The van der Waals surface area contributed by atoms with Gasteiger partial charge in [-0.3, -0.25) is 9.78 Å². The van der Waals surface area contributed by atoms with E-state index in [0.29, 0.717) is 11.3 Å². The molecule has 0 saturated carbocycles. The Hall–Kier alpha value is -2.20. The molecule has 0 unspecified atom stereocenters. The fourth-order valence-electron chi connectivity index (χ4n) is 1.90. The second-order valence-corrected chi connectivity index (χ2v) is 4.41. The molecule has 0 aliphatic heterocycles. The van der Waals surface area contributed by atoms with Crippen molar-refractivity contribution in [3.8, 4) is 0 Å². The second kappa shape index (κ2) is 5.63. The number of hydrogen-bond acceptors (Lipinski definition) is 3. The Morgan fingerprint density at radius 2 is 1.95 bits per heavy atom. The van der Waals surface area contributed by atoms with Crippen molar-refractivity contribution in [1.82, 2.24) is 4.98 Å². The molecule has 0 bridgehead atoms. The third-order valence-corrected chi connectivity index (χ3v) is 2.96. The molecule has 4 heteroatoms. The van der Waals surface area contributed by atoms with Crippen LogP contribution in [0.25, 0.3) is 0 Å². The lowest BCUT2D eigenvalue weighted by Crippen LogP contribution is -2.14. The molecule has 0 atom stereocenters. The zero-order valence-electron chi connectivity index (χ0n) is 11.0. The largest absolute Gasteiger partial charge is 0.390 e. The molecule has 1 aromatic carbocycles. The van der Waals surface area contributed by atoms with Gasteiger partial charge in [-0.25, -0.2) is 0 Å². The number of nitrogens with zero attached hydrogens (tertiary/aromatic N) is 1. The summed E-state index contributed by atoms with van der Waals surface area (Å²) in [6.07, 6.45) is 1.52. The van der Waals surface area contributed by atoms with Gasteiger partial charge in [0.1, 0.15) is 0 Å². The average molecular weight is 256 g/mol.